The summed E-state index contributed by atoms with van der Waals surface area (Å²) in [6, 6.07) is 10.2. The van der Waals surface area contributed by atoms with Crippen molar-refractivity contribution in [3.05, 3.63) is 42.1 Å². The van der Waals surface area contributed by atoms with Crippen LogP contribution >= 0.6 is 11.8 Å². The lowest BCUT2D eigenvalue weighted by atomic mass is 10.1. The Bertz CT molecular complexity index is 525. The Morgan fingerprint density at radius 2 is 2.00 bits per heavy atom. The summed E-state index contributed by atoms with van der Waals surface area (Å²) in [6.07, 6.45) is 3.86. The number of benzene rings is 1. The third-order valence-electron chi connectivity index (χ3n) is 2.60. The molecule has 2 nitrogen and oxygen atoms in total. The summed E-state index contributed by atoms with van der Waals surface area (Å²) in [4.78, 5) is 5.64. The van der Waals surface area contributed by atoms with Crippen molar-refractivity contribution in [1.82, 2.24) is 4.98 Å². The normalized spacial score (nSPS) is 10.3. The van der Waals surface area contributed by atoms with Gasteiger partial charge < -0.3 is 4.74 Å². The van der Waals surface area contributed by atoms with Gasteiger partial charge in [0.05, 0.1) is 12.8 Å². The van der Waals surface area contributed by atoms with Gasteiger partial charge in [-0.05, 0) is 30.9 Å². The van der Waals surface area contributed by atoms with E-state index in [1.54, 1.807) is 25.1 Å². The first-order chi connectivity index (χ1) is 8.24. The highest BCUT2D eigenvalue weighted by molar-refractivity contribution is 7.98. The molecule has 0 radical (unpaired) electrons. The Morgan fingerprint density at radius 3 is 2.71 bits per heavy atom. The number of methoxy groups -OCH3 is 1. The van der Waals surface area contributed by atoms with E-state index < -0.39 is 0 Å². The summed E-state index contributed by atoms with van der Waals surface area (Å²) in [7, 11) is 1.67. The molecule has 0 amide bonds. The van der Waals surface area contributed by atoms with Crippen LogP contribution in [0.1, 0.15) is 5.56 Å². The molecule has 0 saturated carbocycles. The first kappa shape index (κ1) is 12.0. The second-order valence-electron chi connectivity index (χ2n) is 3.78. The van der Waals surface area contributed by atoms with Crippen molar-refractivity contribution in [2.45, 2.75) is 11.8 Å². The largest absolute Gasteiger partial charge is 0.497 e. The van der Waals surface area contributed by atoms with Crippen molar-refractivity contribution < 1.29 is 4.74 Å². The van der Waals surface area contributed by atoms with E-state index in [0.29, 0.717) is 0 Å². The molecule has 2 aromatic rings. The van der Waals surface area contributed by atoms with Crippen LogP contribution in [-0.2, 0) is 0 Å². The van der Waals surface area contributed by atoms with Crippen molar-refractivity contribution in [2.24, 2.45) is 0 Å². The molecule has 1 aromatic carbocycles. The molecule has 0 aliphatic carbocycles. The number of aryl methyl sites for hydroxylation is 1. The van der Waals surface area contributed by atoms with E-state index in [0.717, 1.165) is 17.0 Å². The van der Waals surface area contributed by atoms with Crippen LogP contribution in [0.25, 0.3) is 11.3 Å². The Morgan fingerprint density at radius 1 is 1.18 bits per heavy atom. The number of rotatable bonds is 3. The minimum Gasteiger partial charge on any atom is -0.497 e. The number of pyridine rings is 1. The first-order valence-corrected chi connectivity index (χ1v) is 6.62. The Kier molecular flexibility index (Phi) is 3.69. The molecule has 0 unspecified atom stereocenters. The van der Waals surface area contributed by atoms with Gasteiger partial charge in [-0.2, -0.15) is 0 Å². The highest BCUT2D eigenvalue weighted by Crippen LogP contribution is 2.31. The molecule has 0 N–H and O–H groups in total. The van der Waals surface area contributed by atoms with E-state index in [4.69, 9.17) is 4.74 Å². The Balaban J connectivity index is 2.51. The van der Waals surface area contributed by atoms with Crippen LogP contribution in [0.5, 0.6) is 5.75 Å². The number of aromatic nitrogens is 1. The van der Waals surface area contributed by atoms with E-state index in [-0.39, 0.29) is 0 Å². The highest BCUT2D eigenvalue weighted by Gasteiger charge is 2.06. The molecule has 0 bridgehead atoms. The van der Waals surface area contributed by atoms with Gasteiger partial charge in [-0.1, -0.05) is 12.1 Å². The van der Waals surface area contributed by atoms with Crippen molar-refractivity contribution in [1.29, 1.82) is 0 Å². The van der Waals surface area contributed by atoms with Crippen molar-refractivity contribution in [3.63, 3.8) is 0 Å². The highest BCUT2D eigenvalue weighted by atomic mass is 32.2. The van der Waals surface area contributed by atoms with Crippen LogP contribution in [0, 0.1) is 6.92 Å². The van der Waals surface area contributed by atoms with Crippen LogP contribution < -0.4 is 4.74 Å². The molecular weight excluding hydrogens is 230 g/mol. The summed E-state index contributed by atoms with van der Waals surface area (Å²) < 4.78 is 5.23. The van der Waals surface area contributed by atoms with Gasteiger partial charge in [0, 0.05) is 22.7 Å². The average Bonchev–Trinajstić information content (AvgIpc) is 2.38. The van der Waals surface area contributed by atoms with Crippen molar-refractivity contribution in [2.75, 3.05) is 13.4 Å². The van der Waals surface area contributed by atoms with Crippen LogP contribution in [0.15, 0.2) is 41.4 Å². The molecule has 0 fully saturated rings. The predicted molar refractivity (Wildman–Crippen MR) is 72.7 cm³/mol. The average molecular weight is 245 g/mol. The maximum Gasteiger partial charge on any atom is 0.122 e. The zero-order chi connectivity index (χ0) is 12.3. The molecule has 0 atom stereocenters. The maximum atomic E-state index is 5.23. The molecule has 2 rings (SSSR count). The molecule has 0 spiro atoms. The summed E-state index contributed by atoms with van der Waals surface area (Å²) in [6.45, 7) is 2.10. The molecule has 17 heavy (non-hydrogen) atoms. The zero-order valence-electron chi connectivity index (χ0n) is 10.2. The molecule has 0 saturated heterocycles. The number of ether oxygens (including phenoxy) is 1. The molecule has 0 aliphatic heterocycles. The van der Waals surface area contributed by atoms with Gasteiger partial charge in [0.25, 0.3) is 0 Å². The number of hydrogen-bond acceptors (Lipinski definition) is 3. The van der Waals surface area contributed by atoms with Gasteiger partial charge >= 0.3 is 0 Å². The van der Waals surface area contributed by atoms with Gasteiger partial charge in [-0.3, -0.25) is 4.98 Å². The van der Waals surface area contributed by atoms with Gasteiger partial charge in [0.2, 0.25) is 0 Å². The lowest BCUT2D eigenvalue weighted by Gasteiger charge is -2.09. The maximum absolute atomic E-state index is 5.23. The molecule has 0 aliphatic rings. The fourth-order valence-electron chi connectivity index (χ4n) is 1.70. The lowest BCUT2D eigenvalue weighted by Crippen LogP contribution is -1.89. The van der Waals surface area contributed by atoms with Crippen LogP contribution in [0.4, 0.5) is 0 Å². The smallest absolute Gasteiger partial charge is 0.122 e. The Labute approximate surface area is 106 Å². The Hall–Kier alpha value is -1.48. The van der Waals surface area contributed by atoms with E-state index in [2.05, 4.69) is 36.4 Å². The predicted octanol–water partition coefficient (Wildman–Crippen LogP) is 3.79. The fourth-order valence-corrected chi connectivity index (χ4v) is 2.39. The second kappa shape index (κ2) is 5.23. The zero-order valence-corrected chi connectivity index (χ0v) is 11.0. The summed E-state index contributed by atoms with van der Waals surface area (Å²) in [5, 5.41) is 0. The summed E-state index contributed by atoms with van der Waals surface area (Å²) >= 11 is 1.74. The SMILES string of the molecule is COc1ccnc(-c2ccc(C)cc2SC)c1. The monoisotopic (exact) mass is 245 g/mol. The fraction of sp³-hybridized carbons (Fsp3) is 0.214. The standard InChI is InChI=1S/C14H15NOS/c1-10-4-5-12(14(8-10)17-3)13-9-11(16-2)6-7-15-13/h4-9H,1-3H3. The van der Waals surface area contributed by atoms with Crippen molar-refractivity contribution in [3.8, 4) is 17.0 Å². The number of nitrogens with zero attached hydrogens (tertiary/aromatic N) is 1. The van der Waals surface area contributed by atoms with E-state index >= 15 is 0 Å². The third kappa shape index (κ3) is 2.61. The first-order valence-electron chi connectivity index (χ1n) is 5.39. The van der Waals surface area contributed by atoms with Crippen molar-refractivity contribution >= 4 is 11.8 Å². The number of hydrogen-bond donors (Lipinski definition) is 0. The van der Waals surface area contributed by atoms with Gasteiger partial charge in [-0.15, -0.1) is 11.8 Å². The van der Waals surface area contributed by atoms with Gasteiger partial charge in [0.15, 0.2) is 0 Å². The third-order valence-corrected chi connectivity index (χ3v) is 3.38. The van der Waals surface area contributed by atoms with Crippen LogP contribution in [0.3, 0.4) is 0 Å². The minimum atomic E-state index is 0.836. The summed E-state index contributed by atoms with van der Waals surface area (Å²) in [5.74, 6) is 0.836. The number of thioether (sulfide) groups is 1. The van der Waals surface area contributed by atoms with E-state index in [9.17, 15) is 0 Å². The topological polar surface area (TPSA) is 22.1 Å². The quantitative estimate of drug-likeness (QED) is 0.768. The van der Waals surface area contributed by atoms with Gasteiger partial charge in [0.1, 0.15) is 5.75 Å². The van der Waals surface area contributed by atoms with Crippen LogP contribution in [-0.4, -0.2) is 18.3 Å². The van der Waals surface area contributed by atoms with Crippen LogP contribution in [0.2, 0.25) is 0 Å². The van der Waals surface area contributed by atoms with Gasteiger partial charge in [-0.25, -0.2) is 0 Å². The molecular formula is C14H15NOS. The molecule has 3 heteroatoms. The molecule has 1 heterocycles. The molecule has 1 aromatic heterocycles. The van der Waals surface area contributed by atoms with E-state index in [1.807, 2.05) is 12.1 Å². The lowest BCUT2D eigenvalue weighted by molar-refractivity contribution is 0.414. The minimum absolute atomic E-state index is 0.836. The second-order valence-corrected chi connectivity index (χ2v) is 4.63. The molecule has 88 valence electrons. The van der Waals surface area contributed by atoms with E-state index in [1.165, 1.54) is 10.5 Å². The summed E-state index contributed by atoms with van der Waals surface area (Å²) in [5.41, 5.74) is 3.37.